The molecule has 1 amide bonds. The van der Waals surface area contributed by atoms with E-state index in [9.17, 15) is 4.79 Å². The molecule has 1 heterocycles. The van der Waals surface area contributed by atoms with E-state index >= 15 is 0 Å². The Morgan fingerprint density at radius 1 is 0.865 bits per heavy atom. The molecule has 6 heteroatoms. The van der Waals surface area contributed by atoms with E-state index in [1.807, 2.05) is 24.3 Å². The number of aryl methyl sites for hydroxylation is 1. The van der Waals surface area contributed by atoms with Gasteiger partial charge in [-0.25, -0.2) is 0 Å². The quantitative estimate of drug-likeness (QED) is 0.152. The van der Waals surface area contributed by atoms with Gasteiger partial charge in [-0.1, -0.05) is 116 Å². The second-order valence-electron chi connectivity index (χ2n) is 9.41. The minimum Gasteiger partial charge on any atom is -0.346 e. The van der Waals surface area contributed by atoms with E-state index in [1.54, 1.807) is 11.8 Å². The lowest BCUT2D eigenvalue weighted by molar-refractivity contribution is -0.122. The van der Waals surface area contributed by atoms with Gasteiger partial charge in [0.2, 0.25) is 5.91 Å². The number of nitrogens with one attached hydrogen (secondary N) is 1. The van der Waals surface area contributed by atoms with Crippen molar-refractivity contribution in [2.75, 3.05) is 0 Å². The van der Waals surface area contributed by atoms with Crippen LogP contribution in [0.1, 0.15) is 67.6 Å². The lowest BCUT2D eigenvalue weighted by Gasteiger charge is -2.20. The molecule has 0 bridgehead atoms. The van der Waals surface area contributed by atoms with Crippen LogP contribution in [-0.4, -0.2) is 20.7 Å². The van der Waals surface area contributed by atoms with Gasteiger partial charge in [0.25, 0.3) is 0 Å². The van der Waals surface area contributed by atoms with Gasteiger partial charge in [-0.15, -0.1) is 10.2 Å². The normalized spacial score (nSPS) is 11.8. The summed E-state index contributed by atoms with van der Waals surface area (Å²) in [5.74, 6) is 1.61. The maximum absolute atomic E-state index is 13.0. The first kappa shape index (κ1) is 26.7. The van der Waals surface area contributed by atoms with Crippen LogP contribution in [0.15, 0.2) is 90.1 Å². The van der Waals surface area contributed by atoms with Crippen molar-refractivity contribution in [3.63, 3.8) is 0 Å². The van der Waals surface area contributed by atoms with Gasteiger partial charge in [-0.05, 0) is 43.0 Å². The minimum absolute atomic E-state index is 0.0639. The van der Waals surface area contributed by atoms with Crippen LogP contribution in [0.5, 0.6) is 0 Å². The number of carbonyl (C=O) groups excluding carboxylic acids is 1. The van der Waals surface area contributed by atoms with Crippen LogP contribution in [-0.2, 0) is 17.0 Å². The molecule has 0 radical (unpaired) electrons. The van der Waals surface area contributed by atoms with Crippen LogP contribution >= 0.6 is 11.8 Å². The Morgan fingerprint density at radius 2 is 1.54 bits per heavy atom. The topological polar surface area (TPSA) is 59.8 Å². The molecule has 0 fully saturated rings. The summed E-state index contributed by atoms with van der Waals surface area (Å²) < 4.78 is 2.11. The molecule has 0 saturated heterocycles. The summed E-state index contributed by atoms with van der Waals surface area (Å²) in [6.07, 6.45) is 5.47. The average Bonchev–Trinajstić information content (AvgIpc) is 3.35. The summed E-state index contributed by atoms with van der Waals surface area (Å²) in [5.41, 5.74) is 4.57. The molecule has 0 saturated carbocycles. The van der Waals surface area contributed by atoms with Crippen molar-refractivity contribution in [2.45, 2.75) is 69.3 Å². The summed E-state index contributed by atoms with van der Waals surface area (Å²) in [6, 6.07) is 28.8. The fraction of sp³-hybridized carbons (Fsp3) is 0.323. The van der Waals surface area contributed by atoms with Crippen molar-refractivity contribution in [3.05, 3.63) is 107 Å². The van der Waals surface area contributed by atoms with E-state index in [0.29, 0.717) is 12.8 Å². The molecule has 1 atom stereocenters. The number of nitrogens with zero attached hydrogens (tertiary/aromatic N) is 3. The smallest absolute Gasteiger partial charge is 0.220 e. The molecule has 0 spiro atoms. The number of thioether (sulfide) groups is 1. The second-order valence-corrected chi connectivity index (χ2v) is 10.3. The zero-order valence-electron chi connectivity index (χ0n) is 21.8. The molecule has 4 aromatic rings. The van der Waals surface area contributed by atoms with Crippen LogP contribution in [0.25, 0.3) is 5.69 Å². The lowest BCUT2D eigenvalue weighted by Crippen LogP contribution is -2.31. The zero-order valence-corrected chi connectivity index (χ0v) is 22.6. The number of unbranched alkanes of at least 4 members (excludes halogenated alkanes) is 3. The first-order valence-electron chi connectivity index (χ1n) is 13.2. The minimum atomic E-state index is -0.291. The Balaban J connectivity index is 1.65. The van der Waals surface area contributed by atoms with Crippen LogP contribution in [0, 0.1) is 6.92 Å². The average molecular weight is 513 g/mol. The van der Waals surface area contributed by atoms with Crippen molar-refractivity contribution < 1.29 is 4.79 Å². The number of hydrogen-bond donors (Lipinski definition) is 1. The first-order chi connectivity index (χ1) is 18.1. The van der Waals surface area contributed by atoms with Crippen LogP contribution in [0.2, 0.25) is 0 Å². The number of aromatic nitrogens is 3. The summed E-state index contributed by atoms with van der Waals surface area (Å²) in [5, 5.41) is 13.4. The SMILES string of the molecule is CCCCCCC(=O)NC(Cc1ccccc1)c1nnc(SCc2ccccc2)n1-c1ccc(C)cc1. The fourth-order valence-corrected chi connectivity index (χ4v) is 5.21. The second kappa shape index (κ2) is 13.8. The first-order valence-corrected chi connectivity index (χ1v) is 14.1. The monoisotopic (exact) mass is 512 g/mol. The van der Waals surface area contributed by atoms with E-state index in [-0.39, 0.29) is 11.9 Å². The molecule has 0 aliphatic carbocycles. The Kier molecular flexibility index (Phi) is 9.95. The summed E-state index contributed by atoms with van der Waals surface area (Å²) in [7, 11) is 0. The molecule has 1 aromatic heterocycles. The van der Waals surface area contributed by atoms with E-state index in [2.05, 4.69) is 94.6 Å². The van der Waals surface area contributed by atoms with Crippen molar-refractivity contribution in [1.29, 1.82) is 0 Å². The maximum Gasteiger partial charge on any atom is 0.220 e. The third-order valence-corrected chi connectivity index (χ3v) is 7.35. The highest BCUT2D eigenvalue weighted by Crippen LogP contribution is 2.29. The number of carbonyl (C=O) groups is 1. The number of benzene rings is 3. The summed E-state index contributed by atoms with van der Waals surface area (Å²) in [4.78, 5) is 13.0. The molecule has 0 aliphatic heterocycles. The van der Waals surface area contributed by atoms with Gasteiger partial charge in [-0.3, -0.25) is 9.36 Å². The maximum atomic E-state index is 13.0. The Labute approximate surface area is 224 Å². The highest BCUT2D eigenvalue weighted by molar-refractivity contribution is 7.98. The van der Waals surface area contributed by atoms with Crippen molar-refractivity contribution in [1.82, 2.24) is 20.1 Å². The number of rotatable bonds is 13. The van der Waals surface area contributed by atoms with Crippen LogP contribution in [0.4, 0.5) is 0 Å². The molecule has 3 aromatic carbocycles. The molecule has 5 nitrogen and oxygen atoms in total. The largest absolute Gasteiger partial charge is 0.346 e. The molecule has 4 rings (SSSR count). The van der Waals surface area contributed by atoms with Crippen LogP contribution in [0.3, 0.4) is 0 Å². The highest BCUT2D eigenvalue weighted by Gasteiger charge is 2.25. The Morgan fingerprint density at radius 3 is 2.22 bits per heavy atom. The fourth-order valence-electron chi connectivity index (χ4n) is 4.29. The number of amides is 1. The van der Waals surface area contributed by atoms with Gasteiger partial charge < -0.3 is 5.32 Å². The van der Waals surface area contributed by atoms with Gasteiger partial charge in [0.05, 0.1) is 6.04 Å². The van der Waals surface area contributed by atoms with E-state index in [1.165, 1.54) is 11.1 Å². The third-order valence-electron chi connectivity index (χ3n) is 6.35. The molecule has 0 aliphatic rings. The van der Waals surface area contributed by atoms with Crippen LogP contribution < -0.4 is 5.32 Å². The summed E-state index contributed by atoms with van der Waals surface area (Å²) >= 11 is 1.66. The molecule has 37 heavy (non-hydrogen) atoms. The van der Waals surface area contributed by atoms with Gasteiger partial charge in [0.15, 0.2) is 11.0 Å². The lowest BCUT2D eigenvalue weighted by atomic mass is 10.0. The zero-order chi connectivity index (χ0) is 25.9. The predicted octanol–water partition coefficient (Wildman–Crippen LogP) is 7.24. The van der Waals surface area contributed by atoms with E-state index in [0.717, 1.165) is 53.7 Å². The van der Waals surface area contributed by atoms with E-state index in [4.69, 9.17) is 0 Å². The molecule has 1 unspecified atom stereocenters. The molecular weight excluding hydrogens is 476 g/mol. The van der Waals surface area contributed by atoms with Crippen molar-refractivity contribution in [3.8, 4) is 5.69 Å². The predicted molar refractivity (Wildman–Crippen MR) is 152 cm³/mol. The third kappa shape index (κ3) is 7.80. The molecular formula is C31H36N4OS. The van der Waals surface area contributed by atoms with Gasteiger partial charge in [0.1, 0.15) is 0 Å². The van der Waals surface area contributed by atoms with Gasteiger partial charge in [0, 0.05) is 17.9 Å². The molecule has 1 N–H and O–H groups in total. The van der Waals surface area contributed by atoms with E-state index < -0.39 is 0 Å². The standard InChI is InChI=1S/C31H36N4OS/c1-3-4-5-12-17-29(36)32-28(22-25-13-8-6-9-14-25)30-33-34-31(37-23-26-15-10-7-11-16-26)35(30)27-20-18-24(2)19-21-27/h6-11,13-16,18-21,28H,3-5,12,17,22-23H2,1-2H3,(H,32,36). The highest BCUT2D eigenvalue weighted by atomic mass is 32.2. The Hall–Kier alpha value is -3.38. The van der Waals surface area contributed by atoms with Gasteiger partial charge in [-0.2, -0.15) is 0 Å². The molecule has 192 valence electrons. The van der Waals surface area contributed by atoms with Crippen molar-refractivity contribution >= 4 is 17.7 Å². The number of hydrogen-bond acceptors (Lipinski definition) is 4. The Bertz CT molecular complexity index is 1240. The van der Waals surface area contributed by atoms with Gasteiger partial charge >= 0.3 is 0 Å². The summed E-state index contributed by atoms with van der Waals surface area (Å²) in [6.45, 7) is 4.26. The van der Waals surface area contributed by atoms with Crippen molar-refractivity contribution in [2.24, 2.45) is 0 Å².